The van der Waals surface area contributed by atoms with Crippen LogP contribution in [0.4, 0.5) is 0 Å². The number of fused-ring (bicyclic) bond motifs is 3. The first-order chi connectivity index (χ1) is 6.88. The molecule has 0 aliphatic heterocycles. The van der Waals surface area contributed by atoms with Crippen molar-refractivity contribution in [3.63, 3.8) is 0 Å². The Morgan fingerprint density at radius 2 is 1.71 bits per heavy atom. The van der Waals surface area contributed by atoms with Crippen molar-refractivity contribution in [3.05, 3.63) is 33.5 Å². The zero-order chi connectivity index (χ0) is 9.54. The molecule has 2 aromatic carbocycles. The summed E-state index contributed by atoms with van der Waals surface area (Å²) < 4.78 is 0. The Hall–Kier alpha value is -1.11. The maximum atomic E-state index is 11.4. The highest BCUT2D eigenvalue weighted by Gasteiger charge is 2.19. The highest BCUT2D eigenvalue weighted by Crippen LogP contribution is 2.28. The van der Waals surface area contributed by atoms with Crippen LogP contribution >= 0.6 is 0 Å². The second-order valence-corrected chi connectivity index (χ2v) is 4.37. The number of rotatable bonds is 0. The van der Waals surface area contributed by atoms with Gasteiger partial charge in [-0.15, -0.1) is 0 Å². The van der Waals surface area contributed by atoms with E-state index in [0.717, 1.165) is 17.2 Å². The Morgan fingerprint density at radius 1 is 0.929 bits per heavy atom. The van der Waals surface area contributed by atoms with Crippen LogP contribution in [-0.2, 0) is 12.8 Å². The van der Waals surface area contributed by atoms with Crippen LogP contribution in [0, 0.1) is 0 Å². The molecule has 0 heterocycles. The van der Waals surface area contributed by atoms with Gasteiger partial charge >= 0.3 is 0 Å². The van der Waals surface area contributed by atoms with Crippen molar-refractivity contribution < 1.29 is 0 Å². The molecule has 2 aromatic rings. The summed E-state index contributed by atoms with van der Waals surface area (Å²) in [5.41, 5.74) is 3.13. The van der Waals surface area contributed by atoms with E-state index in [9.17, 15) is 4.79 Å². The van der Waals surface area contributed by atoms with Gasteiger partial charge in [0.1, 0.15) is 0 Å². The molecule has 14 heavy (non-hydrogen) atoms. The molecular weight excluding hydrogens is 172 g/mol. The van der Waals surface area contributed by atoms with Crippen LogP contribution in [-0.4, -0.2) is 0 Å². The van der Waals surface area contributed by atoms with Gasteiger partial charge in [-0.1, -0.05) is 18.9 Å². The van der Waals surface area contributed by atoms with Crippen LogP contribution in [0.25, 0.3) is 10.8 Å². The average Bonchev–Trinajstić information content (AvgIpc) is 2.78. The van der Waals surface area contributed by atoms with Gasteiger partial charge in [-0.3, -0.25) is 4.79 Å². The summed E-state index contributed by atoms with van der Waals surface area (Å²) in [6, 6.07) is 4.18. The summed E-state index contributed by atoms with van der Waals surface area (Å²) >= 11 is 0. The van der Waals surface area contributed by atoms with Crippen LogP contribution in [0.15, 0.2) is 16.9 Å². The van der Waals surface area contributed by atoms with Gasteiger partial charge in [0, 0.05) is 10.8 Å². The maximum absolute atomic E-state index is 11.4. The summed E-state index contributed by atoms with van der Waals surface area (Å²) in [7, 11) is 0. The predicted molar refractivity (Wildman–Crippen MR) is 58.5 cm³/mol. The summed E-state index contributed by atoms with van der Waals surface area (Å²) in [5.74, 6) is 0. The molecule has 0 saturated heterocycles. The van der Waals surface area contributed by atoms with Crippen LogP contribution in [0.5, 0.6) is 0 Å². The largest absolute Gasteiger partial charge is 0.289 e. The van der Waals surface area contributed by atoms with Gasteiger partial charge in [-0.25, -0.2) is 0 Å². The standard InChI is InChI=1S/C13H14O/c14-13-11-8-7-9-5-3-1-2-4-6-10(9)12(11)13/h7-8H,1-6H2. The minimum atomic E-state index is 0.312. The van der Waals surface area contributed by atoms with E-state index >= 15 is 0 Å². The fraction of sp³-hybridized carbons (Fsp3) is 0.462. The van der Waals surface area contributed by atoms with Crippen LogP contribution < -0.4 is 5.43 Å². The van der Waals surface area contributed by atoms with Gasteiger partial charge in [0.05, 0.1) is 0 Å². The van der Waals surface area contributed by atoms with E-state index in [1.807, 2.05) is 6.07 Å². The Labute approximate surface area is 83.4 Å². The smallest absolute Gasteiger partial charge is 0.194 e. The molecule has 1 aliphatic rings. The molecule has 1 nitrogen and oxygen atoms in total. The van der Waals surface area contributed by atoms with Crippen LogP contribution in [0.3, 0.4) is 0 Å². The first kappa shape index (κ1) is 8.22. The lowest BCUT2D eigenvalue weighted by Crippen LogP contribution is -1.98. The van der Waals surface area contributed by atoms with E-state index in [-0.39, 0.29) is 0 Å². The third-order valence-corrected chi connectivity index (χ3v) is 3.44. The Morgan fingerprint density at radius 3 is 2.57 bits per heavy atom. The highest BCUT2D eigenvalue weighted by atomic mass is 16.1. The van der Waals surface area contributed by atoms with Gasteiger partial charge in [-0.2, -0.15) is 0 Å². The van der Waals surface area contributed by atoms with Gasteiger partial charge < -0.3 is 0 Å². The minimum Gasteiger partial charge on any atom is -0.289 e. The Balaban J connectivity index is 2.12. The third-order valence-electron chi connectivity index (χ3n) is 3.44. The molecule has 0 spiro atoms. The normalized spacial score (nSPS) is 18.0. The number of aryl methyl sites for hydroxylation is 2. The van der Waals surface area contributed by atoms with Gasteiger partial charge in [0.15, 0.2) is 5.43 Å². The van der Waals surface area contributed by atoms with E-state index in [4.69, 9.17) is 0 Å². The minimum absolute atomic E-state index is 0.312. The Kier molecular flexibility index (Phi) is 1.73. The monoisotopic (exact) mass is 186 g/mol. The third kappa shape index (κ3) is 1.12. The summed E-state index contributed by atoms with van der Waals surface area (Å²) in [6.45, 7) is 0. The lowest BCUT2D eigenvalue weighted by Gasteiger charge is -2.11. The number of benzene rings is 1. The van der Waals surface area contributed by atoms with Gasteiger partial charge in [0.25, 0.3) is 0 Å². The lowest BCUT2D eigenvalue weighted by molar-refractivity contribution is 0.619. The van der Waals surface area contributed by atoms with Gasteiger partial charge in [-0.05, 0) is 42.9 Å². The van der Waals surface area contributed by atoms with E-state index in [2.05, 4.69) is 6.07 Å². The molecule has 3 rings (SSSR count). The van der Waals surface area contributed by atoms with Crippen molar-refractivity contribution in [2.75, 3.05) is 0 Å². The molecule has 1 heteroatoms. The van der Waals surface area contributed by atoms with E-state index in [1.165, 1.54) is 43.2 Å². The zero-order valence-electron chi connectivity index (χ0n) is 8.31. The molecule has 1 aliphatic carbocycles. The summed E-state index contributed by atoms with van der Waals surface area (Å²) in [6.07, 6.45) is 7.54. The van der Waals surface area contributed by atoms with E-state index < -0.39 is 0 Å². The topological polar surface area (TPSA) is 17.1 Å². The molecule has 0 amide bonds. The summed E-state index contributed by atoms with van der Waals surface area (Å²) in [5, 5.41) is 2.06. The quantitative estimate of drug-likeness (QED) is 0.618. The molecule has 0 bridgehead atoms. The molecule has 0 radical (unpaired) electrons. The Bertz CT molecular complexity index is 486. The van der Waals surface area contributed by atoms with Crippen molar-refractivity contribution in [3.8, 4) is 0 Å². The molecule has 0 fully saturated rings. The molecule has 0 N–H and O–H groups in total. The second-order valence-electron chi connectivity index (χ2n) is 4.37. The number of hydrogen-bond acceptors (Lipinski definition) is 1. The van der Waals surface area contributed by atoms with Crippen molar-refractivity contribution in [2.24, 2.45) is 0 Å². The lowest BCUT2D eigenvalue weighted by atomic mass is 9.93. The highest BCUT2D eigenvalue weighted by molar-refractivity contribution is 6.00. The SMILES string of the molecule is O=c1c2ccc3c(c12)CCCCCC3. The van der Waals surface area contributed by atoms with E-state index in [0.29, 0.717) is 5.43 Å². The molecule has 0 unspecified atom stereocenters. The fourth-order valence-corrected chi connectivity index (χ4v) is 2.58. The molecule has 72 valence electrons. The zero-order valence-corrected chi connectivity index (χ0v) is 8.31. The van der Waals surface area contributed by atoms with Crippen molar-refractivity contribution >= 4 is 10.8 Å². The molecular formula is C13H14O. The first-order valence-corrected chi connectivity index (χ1v) is 5.57. The van der Waals surface area contributed by atoms with Crippen molar-refractivity contribution in [2.45, 2.75) is 38.5 Å². The summed E-state index contributed by atoms with van der Waals surface area (Å²) in [4.78, 5) is 11.4. The number of hydrogen-bond donors (Lipinski definition) is 0. The van der Waals surface area contributed by atoms with Crippen LogP contribution in [0.2, 0.25) is 0 Å². The van der Waals surface area contributed by atoms with Crippen molar-refractivity contribution in [1.29, 1.82) is 0 Å². The molecule has 0 saturated carbocycles. The molecule has 0 aromatic heterocycles. The molecule has 0 atom stereocenters. The first-order valence-electron chi connectivity index (χ1n) is 5.57. The van der Waals surface area contributed by atoms with Gasteiger partial charge in [0.2, 0.25) is 0 Å². The fourth-order valence-electron chi connectivity index (χ4n) is 2.58. The second kappa shape index (κ2) is 2.94. The van der Waals surface area contributed by atoms with E-state index in [1.54, 1.807) is 0 Å². The van der Waals surface area contributed by atoms with Crippen LogP contribution in [0.1, 0.15) is 36.8 Å². The average molecular weight is 186 g/mol. The maximum Gasteiger partial charge on any atom is 0.194 e. The predicted octanol–water partition coefficient (Wildman–Crippen LogP) is 2.73. The van der Waals surface area contributed by atoms with Crippen molar-refractivity contribution in [1.82, 2.24) is 0 Å².